The van der Waals surface area contributed by atoms with Gasteiger partial charge in [0.1, 0.15) is 5.82 Å². The lowest BCUT2D eigenvalue weighted by Crippen LogP contribution is -2.51. The maximum Gasteiger partial charge on any atom is 0.159 e. The van der Waals surface area contributed by atoms with E-state index >= 15 is 0 Å². The largest absolute Gasteiger partial charge is 0.327 e. The van der Waals surface area contributed by atoms with Crippen LogP contribution in [0, 0.1) is 5.41 Å². The van der Waals surface area contributed by atoms with Crippen molar-refractivity contribution in [3.63, 3.8) is 0 Å². The average molecular weight is 393 g/mol. The van der Waals surface area contributed by atoms with E-state index in [0.717, 1.165) is 41.9 Å². The van der Waals surface area contributed by atoms with Crippen LogP contribution in [0.15, 0.2) is 18.2 Å². The van der Waals surface area contributed by atoms with Gasteiger partial charge in [-0.1, -0.05) is 26.8 Å². The zero-order chi connectivity index (χ0) is 19.8. The van der Waals surface area contributed by atoms with Gasteiger partial charge in [-0.15, -0.1) is 0 Å². The zero-order valence-corrected chi connectivity index (χ0v) is 17.9. The fourth-order valence-corrected chi connectivity index (χ4v) is 4.96. The van der Waals surface area contributed by atoms with E-state index in [1.54, 1.807) is 0 Å². The smallest absolute Gasteiger partial charge is 0.159 e. The lowest BCUT2D eigenvalue weighted by molar-refractivity contribution is 0.365. The first kappa shape index (κ1) is 20.3. The third kappa shape index (κ3) is 4.89. The van der Waals surface area contributed by atoms with Crippen molar-refractivity contribution >= 4 is 20.9 Å². The van der Waals surface area contributed by atoms with E-state index in [0.29, 0.717) is 13.1 Å². The molecule has 1 aliphatic heterocycles. The second-order valence-corrected chi connectivity index (χ2v) is 11.4. The molecule has 1 saturated heterocycles. The maximum absolute atomic E-state index is 12.5. The van der Waals surface area contributed by atoms with E-state index in [1.165, 1.54) is 0 Å². The number of likely N-dealkylation sites (N-methyl/N-ethyl adjacent to an activating group) is 1. The first-order valence-corrected chi connectivity index (χ1v) is 11.3. The fraction of sp³-hybridized carbons (Fsp3) is 0.650. The van der Waals surface area contributed by atoms with E-state index in [1.807, 2.05) is 18.2 Å². The molecule has 1 N–H and O–H groups in total. The van der Waals surface area contributed by atoms with E-state index in [9.17, 15) is 8.42 Å². The van der Waals surface area contributed by atoms with Crippen LogP contribution in [-0.4, -0.2) is 61.8 Å². The third-order valence-corrected chi connectivity index (χ3v) is 7.06. The standard InChI is InChI=1S/C20H32N4O2S/c1-20(2,3)11-19-22-17-10-15(14-27(25,26)16-12-21-13-16)6-7-18(17)24(19)9-8-23(4)5/h6-7,10,16,21H,8-9,11-14H2,1-5H3. The number of rotatable bonds is 7. The summed E-state index contributed by atoms with van der Waals surface area (Å²) in [5.74, 6) is 1.16. The number of benzene rings is 1. The van der Waals surface area contributed by atoms with Crippen molar-refractivity contribution in [2.24, 2.45) is 5.41 Å². The Morgan fingerprint density at radius 1 is 1.26 bits per heavy atom. The summed E-state index contributed by atoms with van der Waals surface area (Å²) in [5, 5.41) is 2.79. The SMILES string of the molecule is CN(C)CCn1c(CC(C)(C)C)nc2cc(CS(=O)(=O)C3CNC3)ccc21. The second-order valence-electron chi connectivity index (χ2n) is 9.13. The van der Waals surface area contributed by atoms with Crippen LogP contribution in [0.5, 0.6) is 0 Å². The Balaban J connectivity index is 1.93. The third-order valence-electron chi connectivity index (χ3n) is 4.97. The molecule has 1 aromatic heterocycles. The van der Waals surface area contributed by atoms with E-state index < -0.39 is 9.84 Å². The summed E-state index contributed by atoms with van der Waals surface area (Å²) in [6.07, 6.45) is 0.885. The van der Waals surface area contributed by atoms with E-state index in [2.05, 4.69) is 49.7 Å². The Labute approximate surface area is 162 Å². The zero-order valence-electron chi connectivity index (χ0n) is 17.1. The Bertz CT molecular complexity index is 906. The highest BCUT2D eigenvalue weighted by Gasteiger charge is 2.31. The molecule has 0 atom stereocenters. The Hall–Kier alpha value is -1.44. The number of aromatic nitrogens is 2. The quantitative estimate of drug-likeness (QED) is 0.781. The molecule has 2 aromatic rings. The Kier molecular flexibility index (Phi) is 5.66. The van der Waals surface area contributed by atoms with Gasteiger partial charge in [0, 0.05) is 32.6 Å². The topological polar surface area (TPSA) is 67.2 Å². The lowest BCUT2D eigenvalue weighted by atomic mass is 9.92. The predicted molar refractivity (Wildman–Crippen MR) is 111 cm³/mol. The van der Waals surface area contributed by atoms with Gasteiger partial charge in [-0.3, -0.25) is 0 Å². The van der Waals surface area contributed by atoms with Crippen molar-refractivity contribution in [2.45, 2.75) is 44.7 Å². The van der Waals surface area contributed by atoms with Crippen LogP contribution >= 0.6 is 0 Å². The summed E-state index contributed by atoms with van der Waals surface area (Å²) in [7, 11) is 1.04. The molecule has 2 heterocycles. The number of sulfone groups is 1. The number of hydrogen-bond acceptors (Lipinski definition) is 5. The van der Waals surface area contributed by atoms with Crippen molar-refractivity contribution in [3.05, 3.63) is 29.6 Å². The fourth-order valence-electron chi connectivity index (χ4n) is 3.34. The Morgan fingerprint density at radius 3 is 2.52 bits per heavy atom. The van der Waals surface area contributed by atoms with E-state index in [4.69, 9.17) is 4.98 Å². The molecule has 1 aliphatic rings. The van der Waals surface area contributed by atoms with Crippen LogP contribution in [0.1, 0.15) is 32.2 Å². The van der Waals surface area contributed by atoms with Crippen LogP contribution < -0.4 is 5.32 Å². The molecule has 0 spiro atoms. The summed E-state index contributed by atoms with van der Waals surface area (Å²) >= 11 is 0. The van der Waals surface area contributed by atoms with Gasteiger partial charge in [-0.05, 0) is 37.2 Å². The molecule has 27 heavy (non-hydrogen) atoms. The van der Waals surface area contributed by atoms with Crippen molar-refractivity contribution in [3.8, 4) is 0 Å². The summed E-state index contributed by atoms with van der Waals surface area (Å²) < 4.78 is 27.3. The number of fused-ring (bicyclic) bond motifs is 1. The summed E-state index contributed by atoms with van der Waals surface area (Å²) in [5.41, 5.74) is 2.95. The molecule has 0 aliphatic carbocycles. The molecule has 3 rings (SSSR count). The molecular weight excluding hydrogens is 360 g/mol. The predicted octanol–water partition coefficient (Wildman–Crippen LogP) is 2.07. The highest BCUT2D eigenvalue weighted by molar-refractivity contribution is 7.91. The van der Waals surface area contributed by atoms with Gasteiger partial charge in [0.25, 0.3) is 0 Å². The van der Waals surface area contributed by atoms with Crippen LogP contribution in [0.25, 0.3) is 11.0 Å². The Morgan fingerprint density at radius 2 is 1.96 bits per heavy atom. The van der Waals surface area contributed by atoms with Gasteiger partial charge in [0.15, 0.2) is 9.84 Å². The number of nitrogens with one attached hydrogen (secondary N) is 1. The van der Waals surface area contributed by atoms with Crippen LogP contribution in [0.3, 0.4) is 0 Å². The second kappa shape index (κ2) is 7.53. The minimum Gasteiger partial charge on any atom is -0.327 e. The molecule has 1 aromatic carbocycles. The highest BCUT2D eigenvalue weighted by atomic mass is 32.2. The van der Waals surface area contributed by atoms with Gasteiger partial charge in [0.2, 0.25) is 0 Å². The molecule has 150 valence electrons. The first-order valence-electron chi connectivity index (χ1n) is 9.60. The highest BCUT2D eigenvalue weighted by Crippen LogP contribution is 2.26. The number of nitrogens with zero attached hydrogens (tertiary/aromatic N) is 3. The minimum atomic E-state index is -3.10. The van der Waals surface area contributed by atoms with Crippen LogP contribution in [0.4, 0.5) is 0 Å². The van der Waals surface area contributed by atoms with E-state index in [-0.39, 0.29) is 16.4 Å². The van der Waals surface area contributed by atoms with Gasteiger partial charge >= 0.3 is 0 Å². The molecule has 0 saturated carbocycles. The van der Waals surface area contributed by atoms with Gasteiger partial charge < -0.3 is 14.8 Å². The maximum atomic E-state index is 12.5. The minimum absolute atomic E-state index is 0.0917. The van der Waals surface area contributed by atoms with Crippen LogP contribution in [0.2, 0.25) is 0 Å². The van der Waals surface area contributed by atoms with Crippen molar-refractivity contribution in [2.75, 3.05) is 33.7 Å². The molecule has 0 unspecified atom stereocenters. The van der Waals surface area contributed by atoms with Crippen molar-refractivity contribution in [1.82, 2.24) is 19.8 Å². The molecule has 6 nitrogen and oxygen atoms in total. The van der Waals surface area contributed by atoms with Crippen LogP contribution in [-0.2, 0) is 28.6 Å². The number of imidazole rings is 1. The lowest BCUT2D eigenvalue weighted by Gasteiger charge is -2.26. The first-order chi connectivity index (χ1) is 12.5. The van der Waals surface area contributed by atoms with Gasteiger partial charge in [-0.25, -0.2) is 13.4 Å². The summed E-state index contributed by atoms with van der Waals surface area (Å²) in [6.45, 7) is 9.60. The van der Waals surface area contributed by atoms with Crippen molar-refractivity contribution < 1.29 is 8.42 Å². The molecule has 1 fully saturated rings. The monoisotopic (exact) mass is 392 g/mol. The summed E-state index contributed by atoms with van der Waals surface area (Å²) in [6, 6.07) is 5.94. The van der Waals surface area contributed by atoms with Gasteiger partial charge in [0.05, 0.1) is 22.0 Å². The van der Waals surface area contributed by atoms with Crippen molar-refractivity contribution in [1.29, 1.82) is 0 Å². The average Bonchev–Trinajstić information content (AvgIpc) is 2.76. The molecular formula is C20H32N4O2S. The molecule has 0 amide bonds. The molecule has 7 heteroatoms. The summed E-state index contributed by atoms with van der Waals surface area (Å²) in [4.78, 5) is 7.05. The van der Waals surface area contributed by atoms with Gasteiger partial charge in [-0.2, -0.15) is 0 Å². The normalized spacial score (nSPS) is 16.2. The molecule has 0 radical (unpaired) electrons. The number of hydrogen-bond donors (Lipinski definition) is 1. The molecule has 0 bridgehead atoms.